The summed E-state index contributed by atoms with van der Waals surface area (Å²) in [7, 11) is 6.52. The normalized spacial score (nSPS) is 10.6. The van der Waals surface area contributed by atoms with E-state index in [4.69, 9.17) is 28.4 Å². The zero-order valence-electron chi connectivity index (χ0n) is 29.4. The Bertz CT molecular complexity index is 1550. The first kappa shape index (κ1) is 37.4. The van der Waals surface area contributed by atoms with E-state index in [9.17, 15) is 9.59 Å². The predicted octanol–water partition coefficient (Wildman–Crippen LogP) is 5.76. The molecule has 10 heteroatoms. The minimum Gasteiger partial charge on any atom is -0.493 e. The Kier molecular flexibility index (Phi) is 15.1. The van der Waals surface area contributed by atoms with Crippen molar-refractivity contribution in [1.82, 2.24) is 10.6 Å². The number of amides is 2. The lowest BCUT2D eigenvalue weighted by Crippen LogP contribution is -2.38. The van der Waals surface area contributed by atoms with E-state index in [2.05, 4.69) is 10.6 Å². The topological polar surface area (TPSA) is 114 Å². The molecule has 266 valence electrons. The molecule has 0 unspecified atom stereocenters. The average molecular weight is 685 g/mol. The number of nitrogens with one attached hydrogen (secondary N) is 2. The van der Waals surface area contributed by atoms with Gasteiger partial charge in [-0.15, -0.1) is 0 Å². The van der Waals surface area contributed by atoms with Gasteiger partial charge in [-0.2, -0.15) is 0 Å². The molecule has 0 aliphatic carbocycles. The SMILES string of the molecule is COc1ccc(CCCc2cccc(OCC(=O)NCCNC(=O)COc3cccc(CCCc4ccc(OC)c(OC)c4)c3)c2)cc1OC. The third-order valence-electron chi connectivity index (χ3n) is 8.06. The molecule has 2 amide bonds. The Hall–Kier alpha value is -5.38. The molecule has 0 aliphatic heterocycles. The third-order valence-corrected chi connectivity index (χ3v) is 8.06. The Morgan fingerprint density at radius 2 is 0.860 bits per heavy atom. The fourth-order valence-corrected chi connectivity index (χ4v) is 5.45. The lowest BCUT2D eigenvalue weighted by atomic mass is 10.0. The first-order chi connectivity index (χ1) is 24.4. The highest BCUT2D eigenvalue weighted by Crippen LogP contribution is 2.29. The number of benzene rings is 4. The van der Waals surface area contributed by atoms with Crippen LogP contribution in [0.1, 0.15) is 35.1 Å². The lowest BCUT2D eigenvalue weighted by molar-refractivity contribution is -0.124. The van der Waals surface area contributed by atoms with Gasteiger partial charge in [0, 0.05) is 13.1 Å². The maximum absolute atomic E-state index is 12.3. The summed E-state index contributed by atoms with van der Waals surface area (Å²) < 4.78 is 32.8. The highest BCUT2D eigenvalue weighted by molar-refractivity contribution is 5.78. The summed E-state index contributed by atoms with van der Waals surface area (Å²) in [5.74, 6) is 3.62. The maximum Gasteiger partial charge on any atom is 0.258 e. The van der Waals surface area contributed by atoms with Crippen LogP contribution in [0.25, 0.3) is 0 Å². The van der Waals surface area contributed by atoms with E-state index in [1.807, 2.05) is 84.9 Å². The molecule has 4 rings (SSSR count). The molecule has 0 saturated carbocycles. The van der Waals surface area contributed by atoms with Crippen molar-refractivity contribution in [1.29, 1.82) is 0 Å². The minimum absolute atomic E-state index is 0.114. The first-order valence-corrected chi connectivity index (χ1v) is 16.8. The van der Waals surface area contributed by atoms with Gasteiger partial charge in [-0.1, -0.05) is 36.4 Å². The van der Waals surface area contributed by atoms with Crippen molar-refractivity contribution >= 4 is 11.8 Å². The monoisotopic (exact) mass is 684 g/mol. The molecule has 0 aromatic heterocycles. The summed E-state index contributed by atoms with van der Waals surface area (Å²) in [5.41, 5.74) is 4.61. The summed E-state index contributed by atoms with van der Waals surface area (Å²) in [6, 6.07) is 27.5. The van der Waals surface area contributed by atoms with E-state index >= 15 is 0 Å². The molecule has 4 aromatic carbocycles. The molecule has 50 heavy (non-hydrogen) atoms. The van der Waals surface area contributed by atoms with Gasteiger partial charge < -0.3 is 39.1 Å². The zero-order valence-corrected chi connectivity index (χ0v) is 29.4. The van der Waals surface area contributed by atoms with Gasteiger partial charge in [0.2, 0.25) is 0 Å². The highest BCUT2D eigenvalue weighted by Gasteiger charge is 2.09. The summed E-state index contributed by atoms with van der Waals surface area (Å²) >= 11 is 0. The van der Waals surface area contributed by atoms with Gasteiger partial charge in [-0.3, -0.25) is 9.59 Å². The van der Waals surface area contributed by atoms with Crippen LogP contribution in [0.5, 0.6) is 34.5 Å². The van der Waals surface area contributed by atoms with Crippen LogP contribution in [0.3, 0.4) is 0 Å². The second-order valence-electron chi connectivity index (χ2n) is 11.7. The van der Waals surface area contributed by atoms with E-state index in [-0.39, 0.29) is 38.1 Å². The number of hydrogen-bond acceptors (Lipinski definition) is 8. The van der Waals surface area contributed by atoms with Gasteiger partial charge >= 0.3 is 0 Å². The van der Waals surface area contributed by atoms with Crippen LogP contribution in [0.4, 0.5) is 0 Å². The van der Waals surface area contributed by atoms with Crippen molar-refractivity contribution in [3.05, 3.63) is 107 Å². The second-order valence-corrected chi connectivity index (χ2v) is 11.7. The van der Waals surface area contributed by atoms with Crippen molar-refractivity contribution in [2.24, 2.45) is 0 Å². The number of ether oxygens (including phenoxy) is 6. The summed E-state index contributed by atoms with van der Waals surface area (Å²) in [4.78, 5) is 24.6. The summed E-state index contributed by atoms with van der Waals surface area (Å²) in [6.07, 6.45) is 5.43. The van der Waals surface area contributed by atoms with Gasteiger partial charge in [-0.05, 0) is 109 Å². The van der Waals surface area contributed by atoms with E-state index in [1.165, 1.54) is 11.1 Å². The van der Waals surface area contributed by atoms with Gasteiger partial charge in [-0.25, -0.2) is 0 Å². The molecule has 4 aromatic rings. The maximum atomic E-state index is 12.3. The number of carbonyl (C=O) groups excluding carboxylic acids is 2. The minimum atomic E-state index is -0.266. The lowest BCUT2D eigenvalue weighted by Gasteiger charge is -2.11. The van der Waals surface area contributed by atoms with Crippen molar-refractivity contribution in [2.75, 3.05) is 54.7 Å². The molecule has 0 aliphatic rings. The smallest absolute Gasteiger partial charge is 0.258 e. The molecule has 2 N–H and O–H groups in total. The molecular weight excluding hydrogens is 636 g/mol. The molecule has 0 heterocycles. The van der Waals surface area contributed by atoms with E-state index in [1.54, 1.807) is 28.4 Å². The molecular formula is C40H48N2O8. The van der Waals surface area contributed by atoms with Crippen LogP contribution >= 0.6 is 0 Å². The van der Waals surface area contributed by atoms with Crippen molar-refractivity contribution in [3.63, 3.8) is 0 Å². The van der Waals surface area contributed by atoms with Gasteiger partial charge in [0.15, 0.2) is 36.2 Å². The van der Waals surface area contributed by atoms with Crippen LogP contribution in [-0.2, 0) is 35.3 Å². The van der Waals surface area contributed by atoms with Crippen molar-refractivity contribution in [3.8, 4) is 34.5 Å². The summed E-state index contributed by atoms with van der Waals surface area (Å²) in [5, 5.41) is 5.53. The van der Waals surface area contributed by atoms with Crippen LogP contribution in [0, 0.1) is 0 Å². The van der Waals surface area contributed by atoms with Crippen molar-refractivity contribution < 1.29 is 38.0 Å². The molecule has 10 nitrogen and oxygen atoms in total. The predicted molar refractivity (Wildman–Crippen MR) is 193 cm³/mol. The van der Waals surface area contributed by atoms with Crippen LogP contribution in [0.15, 0.2) is 84.9 Å². The summed E-state index contributed by atoms with van der Waals surface area (Å²) in [6.45, 7) is 0.326. The van der Waals surface area contributed by atoms with E-state index in [0.29, 0.717) is 23.0 Å². The average Bonchev–Trinajstić information content (AvgIpc) is 3.15. The number of rotatable bonds is 21. The molecule has 0 bridgehead atoms. The molecule has 0 spiro atoms. The Morgan fingerprint density at radius 1 is 0.480 bits per heavy atom. The van der Waals surface area contributed by atoms with Gasteiger partial charge in [0.25, 0.3) is 11.8 Å². The van der Waals surface area contributed by atoms with E-state index in [0.717, 1.165) is 61.2 Å². The van der Waals surface area contributed by atoms with Gasteiger partial charge in [0.05, 0.1) is 28.4 Å². The van der Waals surface area contributed by atoms with Gasteiger partial charge in [0.1, 0.15) is 11.5 Å². The Balaban J connectivity index is 1.08. The zero-order chi connectivity index (χ0) is 35.6. The molecule has 0 fully saturated rings. The Morgan fingerprint density at radius 3 is 1.24 bits per heavy atom. The van der Waals surface area contributed by atoms with Crippen LogP contribution in [0.2, 0.25) is 0 Å². The highest BCUT2D eigenvalue weighted by atomic mass is 16.5. The third kappa shape index (κ3) is 12.3. The van der Waals surface area contributed by atoms with Crippen LogP contribution in [-0.4, -0.2) is 66.6 Å². The molecule has 0 radical (unpaired) electrons. The number of aryl methyl sites for hydroxylation is 4. The first-order valence-electron chi connectivity index (χ1n) is 16.8. The van der Waals surface area contributed by atoms with Crippen molar-refractivity contribution in [2.45, 2.75) is 38.5 Å². The van der Waals surface area contributed by atoms with Crippen LogP contribution < -0.4 is 39.1 Å². The second kappa shape index (κ2) is 20.2. The number of methoxy groups -OCH3 is 4. The molecule has 0 saturated heterocycles. The fraction of sp³-hybridized carbons (Fsp3) is 0.350. The molecule has 0 atom stereocenters. The Labute approximate surface area is 295 Å². The quantitative estimate of drug-likeness (QED) is 0.107. The number of carbonyl (C=O) groups is 2. The standard InChI is InChI=1S/C40H48N2O8/c1-45-35-19-17-31(25-37(35)47-3)11-5-9-29-13-7-15-33(23-29)49-27-39(43)41-21-22-42-40(44)28-50-34-16-8-14-30(24-34)10-6-12-32-18-20-36(46-2)38(26-32)48-4/h7-8,13-20,23-26H,5-6,9-12,21-22,27-28H2,1-4H3,(H,41,43)(H,42,44). The largest absolute Gasteiger partial charge is 0.493 e. The fourth-order valence-electron chi connectivity index (χ4n) is 5.45. The van der Waals surface area contributed by atoms with E-state index < -0.39 is 0 Å². The number of hydrogen-bond donors (Lipinski definition) is 2.